The van der Waals surface area contributed by atoms with Gasteiger partial charge in [0, 0.05) is 31.5 Å². The number of carbonyl (C=O) groups is 1. The summed E-state index contributed by atoms with van der Waals surface area (Å²) in [6.45, 7) is 4.22. The van der Waals surface area contributed by atoms with E-state index in [1.165, 1.54) is 0 Å². The maximum absolute atomic E-state index is 12.2. The Labute approximate surface area is 112 Å². The van der Waals surface area contributed by atoms with Gasteiger partial charge >= 0.3 is 0 Å². The van der Waals surface area contributed by atoms with E-state index in [9.17, 15) is 4.79 Å². The van der Waals surface area contributed by atoms with E-state index < -0.39 is 0 Å². The van der Waals surface area contributed by atoms with Crippen molar-refractivity contribution in [3.05, 3.63) is 47.1 Å². The van der Waals surface area contributed by atoms with Crippen molar-refractivity contribution in [3.8, 4) is 0 Å². The number of hydrogen-bond acceptors (Lipinski definition) is 4. The van der Waals surface area contributed by atoms with Gasteiger partial charge in [0.1, 0.15) is 5.76 Å². The Morgan fingerprint density at radius 2 is 2.21 bits per heavy atom. The second-order valence-corrected chi connectivity index (χ2v) is 4.59. The molecule has 0 aliphatic carbocycles. The van der Waals surface area contributed by atoms with Crippen LogP contribution in [-0.2, 0) is 17.8 Å². The third-order valence-electron chi connectivity index (χ3n) is 3.08. The van der Waals surface area contributed by atoms with Gasteiger partial charge < -0.3 is 9.42 Å². The van der Waals surface area contributed by atoms with E-state index in [2.05, 4.69) is 10.1 Å². The Morgan fingerprint density at radius 1 is 1.42 bits per heavy atom. The third kappa shape index (κ3) is 3.19. The van der Waals surface area contributed by atoms with Gasteiger partial charge in [-0.05, 0) is 25.5 Å². The number of nitrogens with zero attached hydrogens (tertiary/aromatic N) is 3. The summed E-state index contributed by atoms with van der Waals surface area (Å²) in [4.78, 5) is 17.9. The molecule has 2 aromatic rings. The van der Waals surface area contributed by atoms with Gasteiger partial charge in [-0.1, -0.05) is 11.2 Å². The lowest BCUT2D eigenvalue weighted by Crippen LogP contribution is -2.28. The zero-order chi connectivity index (χ0) is 13.8. The van der Waals surface area contributed by atoms with Crippen LogP contribution in [0.1, 0.15) is 22.6 Å². The third-order valence-corrected chi connectivity index (χ3v) is 3.08. The van der Waals surface area contributed by atoms with E-state index in [1.807, 2.05) is 26.0 Å². The van der Waals surface area contributed by atoms with Gasteiger partial charge in [-0.25, -0.2) is 0 Å². The first-order valence-corrected chi connectivity index (χ1v) is 6.12. The zero-order valence-corrected chi connectivity index (χ0v) is 11.4. The van der Waals surface area contributed by atoms with Crippen LogP contribution in [0.25, 0.3) is 0 Å². The molecule has 0 saturated heterocycles. The van der Waals surface area contributed by atoms with Crippen molar-refractivity contribution in [1.82, 2.24) is 15.0 Å². The first-order valence-electron chi connectivity index (χ1n) is 6.12. The molecule has 0 atom stereocenters. The summed E-state index contributed by atoms with van der Waals surface area (Å²) in [6, 6.07) is 3.81. The highest BCUT2D eigenvalue weighted by molar-refractivity contribution is 5.78. The van der Waals surface area contributed by atoms with Gasteiger partial charge in [0.25, 0.3) is 0 Å². The molecular formula is C14H17N3O2. The number of carbonyl (C=O) groups excluding carboxylic acids is 1. The molecule has 5 nitrogen and oxygen atoms in total. The average molecular weight is 259 g/mol. The fourth-order valence-electron chi connectivity index (χ4n) is 1.89. The Morgan fingerprint density at radius 3 is 2.79 bits per heavy atom. The van der Waals surface area contributed by atoms with Crippen molar-refractivity contribution in [1.29, 1.82) is 0 Å². The summed E-state index contributed by atoms with van der Waals surface area (Å²) >= 11 is 0. The molecule has 2 heterocycles. The Hall–Kier alpha value is -2.17. The summed E-state index contributed by atoms with van der Waals surface area (Å²) in [5.41, 5.74) is 2.67. The smallest absolute Gasteiger partial charge is 0.227 e. The molecule has 0 fully saturated rings. The fourth-order valence-corrected chi connectivity index (χ4v) is 1.89. The molecular weight excluding hydrogens is 242 g/mol. The Bertz CT molecular complexity index is 544. The molecule has 2 aromatic heterocycles. The zero-order valence-electron chi connectivity index (χ0n) is 11.4. The summed E-state index contributed by atoms with van der Waals surface area (Å²) < 4.78 is 5.06. The minimum atomic E-state index is 0.0400. The number of hydrogen-bond donors (Lipinski definition) is 0. The van der Waals surface area contributed by atoms with E-state index in [0.717, 1.165) is 16.8 Å². The van der Waals surface area contributed by atoms with Crippen LogP contribution in [0, 0.1) is 13.8 Å². The summed E-state index contributed by atoms with van der Waals surface area (Å²) in [5, 5.41) is 3.86. The fraction of sp³-hybridized carbons (Fsp3) is 0.357. The van der Waals surface area contributed by atoms with E-state index >= 15 is 0 Å². The molecule has 0 aromatic carbocycles. The number of amides is 1. The van der Waals surface area contributed by atoms with E-state index in [0.29, 0.717) is 18.7 Å². The average Bonchev–Trinajstić information content (AvgIpc) is 2.71. The van der Waals surface area contributed by atoms with Crippen molar-refractivity contribution < 1.29 is 9.32 Å². The number of rotatable bonds is 4. The number of aromatic nitrogens is 2. The highest BCUT2D eigenvalue weighted by atomic mass is 16.5. The predicted molar refractivity (Wildman–Crippen MR) is 70.4 cm³/mol. The standard InChI is InChI=1S/C14H17N3O2/c1-10-13(11(2)19-16-10)7-14(18)17(3)9-12-5-4-6-15-8-12/h4-6,8H,7,9H2,1-3H3. The molecule has 5 heteroatoms. The molecule has 2 rings (SSSR count). The van der Waals surface area contributed by atoms with Crippen LogP contribution in [0.4, 0.5) is 0 Å². The normalized spacial score (nSPS) is 10.5. The molecule has 0 aliphatic heterocycles. The summed E-state index contributed by atoms with van der Waals surface area (Å²) in [5.74, 6) is 0.749. The highest BCUT2D eigenvalue weighted by Gasteiger charge is 2.16. The summed E-state index contributed by atoms with van der Waals surface area (Å²) in [6.07, 6.45) is 3.80. The quantitative estimate of drug-likeness (QED) is 0.841. The van der Waals surface area contributed by atoms with Crippen LogP contribution in [0.3, 0.4) is 0 Å². The molecule has 0 radical (unpaired) electrons. The predicted octanol–water partition coefficient (Wildman–Crippen LogP) is 1.89. The largest absolute Gasteiger partial charge is 0.361 e. The first-order chi connectivity index (χ1) is 9.08. The molecule has 0 bridgehead atoms. The maximum atomic E-state index is 12.2. The minimum absolute atomic E-state index is 0.0400. The molecule has 0 spiro atoms. The van der Waals surface area contributed by atoms with Crippen molar-refractivity contribution in [2.24, 2.45) is 0 Å². The molecule has 0 N–H and O–H groups in total. The van der Waals surface area contributed by atoms with Crippen LogP contribution < -0.4 is 0 Å². The SMILES string of the molecule is Cc1noc(C)c1CC(=O)N(C)Cc1cccnc1. The van der Waals surface area contributed by atoms with Crippen LogP contribution in [0.5, 0.6) is 0 Å². The minimum Gasteiger partial charge on any atom is -0.361 e. The number of aryl methyl sites for hydroxylation is 2. The highest BCUT2D eigenvalue weighted by Crippen LogP contribution is 2.14. The number of likely N-dealkylation sites (N-methyl/N-ethyl adjacent to an activating group) is 1. The van der Waals surface area contributed by atoms with Gasteiger partial charge in [0.15, 0.2) is 0 Å². The number of pyridine rings is 1. The van der Waals surface area contributed by atoms with Crippen molar-refractivity contribution in [3.63, 3.8) is 0 Å². The molecule has 0 saturated carbocycles. The molecule has 0 aliphatic rings. The molecule has 1 amide bonds. The van der Waals surface area contributed by atoms with E-state index in [-0.39, 0.29) is 5.91 Å². The summed E-state index contributed by atoms with van der Waals surface area (Å²) in [7, 11) is 1.79. The lowest BCUT2D eigenvalue weighted by molar-refractivity contribution is -0.129. The van der Waals surface area contributed by atoms with Gasteiger partial charge in [-0.3, -0.25) is 9.78 Å². The molecule has 0 unspecified atom stereocenters. The lowest BCUT2D eigenvalue weighted by Gasteiger charge is -2.16. The maximum Gasteiger partial charge on any atom is 0.227 e. The van der Waals surface area contributed by atoms with Crippen molar-refractivity contribution in [2.45, 2.75) is 26.8 Å². The monoisotopic (exact) mass is 259 g/mol. The van der Waals surface area contributed by atoms with Crippen molar-refractivity contribution in [2.75, 3.05) is 7.05 Å². The van der Waals surface area contributed by atoms with Crippen LogP contribution in [0.15, 0.2) is 29.0 Å². The second kappa shape index (κ2) is 5.65. The van der Waals surface area contributed by atoms with Crippen molar-refractivity contribution >= 4 is 5.91 Å². The topological polar surface area (TPSA) is 59.2 Å². The Balaban J connectivity index is 2.00. The van der Waals surface area contributed by atoms with Crippen LogP contribution in [-0.4, -0.2) is 28.0 Å². The van der Waals surface area contributed by atoms with Gasteiger partial charge in [0.2, 0.25) is 5.91 Å². The van der Waals surface area contributed by atoms with E-state index in [1.54, 1.807) is 24.3 Å². The van der Waals surface area contributed by atoms with Gasteiger partial charge in [-0.2, -0.15) is 0 Å². The van der Waals surface area contributed by atoms with Crippen LogP contribution in [0.2, 0.25) is 0 Å². The lowest BCUT2D eigenvalue weighted by atomic mass is 10.1. The molecule has 100 valence electrons. The van der Waals surface area contributed by atoms with Crippen LogP contribution >= 0.6 is 0 Å². The second-order valence-electron chi connectivity index (χ2n) is 4.59. The first kappa shape index (κ1) is 13.3. The van der Waals surface area contributed by atoms with Gasteiger partial charge in [-0.15, -0.1) is 0 Å². The molecule has 19 heavy (non-hydrogen) atoms. The van der Waals surface area contributed by atoms with E-state index in [4.69, 9.17) is 4.52 Å². The Kier molecular flexibility index (Phi) is 3.94. The van der Waals surface area contributed by atoms with Gasteiger partial charge in [0.05, 0.1) is 12.1 Å².